The Labute approximate surface area is 223 Å². The number of nitrogens with zero attached hydrogens (tertiary/aromatic N) is 2. The van der Waals surface area contributed by atoms with Gasteiger partial charge < -0.3 is 30.4 Å². The zero-order chi connectivity index (χ0) is 29.0. The van der Waals surface area contributed by atoms with Crippen molar-refractivity contribution in [3.05, 3.63) is 64.8 Å². The van der Waals surface area contributed by atoms with Crippen molar-refractivity contribution in [1.29, 1.82) is 5.41 Å². The van der Waals surface area contributed by atoms with Crippen LogP contribution in [0.5, 0.6) is 0 Å². The highest BCUT2D eigenvalue weighted by atomic mass is 19.4. The molecular weight excluding hydrogens is 519 g/mol. The predicted octanol–water partition coefficient (Wildman–Crippen LogP) is 3.72. The van der Waals surface area contributed by atoms with Crippen molar-refractivity contribution >= 4 is 23.7 Å². The van der Waals surface area contributed by atoms with Gasteiger partial charge in [0.1, 0.15) is 17.0 Å². The van der Waals surface area contributed by atoms with Crippen LogP contribution in [0.4, 0.5) is 18.0 Å². The molecule has 0 aromatic carbocycles. The van der Waals surface area contributed by atoms with E-state index in [-0.39, 0.29) is 29.1 Å². The van der Waals surface area contributed by atoms with Crippen LogP contribution in [-0.4, -0.2) is 65.4 Å². The van der Waals surface area contributed by atoms with Gasteiger partial charge in [-0.25, -0.2) is 14.6 Å². The number of pyridine rings is 1. The minimum atomic E-state index is -4.74. The number of amides is 2. The summed E-state index contributed by atoms with van der Waals surface area (Å²) in [6.45, 7) is 6.34. The van der Waals surface area contributed by atoms with Gasteiger partial charge in [-0.2, -0.15) is 13.2 Å². The molecule has 0 spiro atoms. The van der Waals surface area contributed by atoms with E-state index in [2.05, 4.69) is 15.6 Å². The van der Waals surface area contributed by atoms with E-state index in [0.717, 1.165) is 25.3 Å². The van der Waals surface area contributed by atoms with E-state index in [1.54, 1.807) is 31.9 Å². The highest BCUT2D eigenvalue weighted by molar-refractivity contribution is 6.15. The van der Waals surface area contributed by atoms with Crippen molar-refractivity contribution in [2.24, 2.45) is 0 Å². The summed E-state index contributed by atoms with van der Waals surface area (Å²) in [7, 11) is 1.12. The average molecular weight is 550 g/mol. The number of halogens is 3. The molecule has 0 bridgehead atoms. The quantitative estimate of drug-likeness (QED) is 0.477. The van der Waals surface area contributed by atoms with Gasteiger partial charge >= 0.3 is 18.2 Å². The first-order chi connectivity index (χ1) is 18.2. The van der Waals surface area contributed by atoms with Crippen LogP contribution >= 0.6 is 0 Å². The van der Waals surface area contributed by atoms with E-state index in [1.165, 1.54) is 12.2 Å². The lowest BCUT2D eigenvalue weighted by Crippen LogP contribution is -2.45. The summed E-state index contributed by atoms with van der Waals surface area (Å²) < 4.78 is 49.2. The van der Waals surface area contributed by atoms with Gasteiger partial charge in [0.15, 0.2) is 0 Å². The lowest BCUT2D eigenvalue weighted by molar-refractivity contribution is -0.141. The van der Waals surface area contributed by atoms with Crippen LogP contribution in [0.15, 0.2) is 53.4 Å². The minimum absolute atomic E-state index is 0.0179. The first-order valence-electron chi connectivity index (χ1n) is 12.1. The van der Waals surface area contributed by atoms with Crippen LogP contribution in [0.25, 0.3) is 0 Å². The van der Waals surface area contributed by atoms with Gasteiger partial charge in [0.2, 0.25) is 0 Å². The number of alkyl halides is 3. The normalized spacial score (nSPS) is 17.8. The number of hydrogen-bond donors (Lipinski definition) is 3. The summed E-state index contributed by atoms with van der Waals surface area (Å²) in [5, 5.41) is 13.9. The molecule has 0 saturated carbocycles. The number of esters is 1. The first-order valence-corrected chi connectivity index (χ1v) is 12.1. The highest BCUT2D eigenvalue weighted by Gasteiger charge is 2.33. The Hall–Kier alpha value is -4.16. The lowest BCUT2D eigenvalue weighted by Gasteiger charge is -2.33. The number of piperidine rings is 1. The highest BCUT2D eigenvalue weighted by Crippen LogP contribution is 2.27. The van der Waals surface area contributed by atoms with Crippen LogP contribution < -0.4 is 10.6 Å². The second-order valence-corrected chi connectivity index (χ2v) is 9.89. The van der Waals surface area contributed by atoms with Gasteiger partial charge in [0.05, 0.1) is 24.1 Å². The zero-order valence-electron chi connectivity index (χ0n) is 21.9. The van der Waals surface area contributed by atoms with Gasteiger partial charge in [-0.1, -0.05) is 6.07 Å². The SMILES string of the molecule is COC(=O)C1=CC(=N)/C(=C\NC2CCN(C(=O)OC(C)(C)C)CC2)C=C1NC(=O)c1cccc(C(F)(F)F)n1. The largest absolute Gasteiger partial charge is 0.465 e. The van der Waals surface area contributed by atoms with Crippen molar-refractivity contribution in [3.63, 3.8) is 0 Å². The molecule has 1 saturated heterocycles. The number of aromatic nitrogens is 1. The van der Waals surface area contributed by atoms with E-state index in [0.29, 0.717) is 31.5 Å². The Kier molecular flexibility index (Phi) is 8.82. The predicted molar refractivity (Wildman–Crippen MR) is 135 cm³/mol. The van der Waals surface area contributed by atoms with Crippen molar-refractivity contribution in [3.8, 4) is 0 Å². The summed E-state index contributed by atoms with van der Waals surface area (Å²) in [5.41, 5.74) is -2.28. The number of rotatable bonds is 5. The van der Waals surface area contributed by atoms with Crippen molar-refractivity contribution < 1.29 is 37.0 Å². The van der Waals surface area contributed by atoms with Gasteiger partial charge in [-0.15, -0.1) is 0 Å². The summed E-state index contributed by atoms with van der Waals surface area (Å²) in [4.78, 5) is 42.3. The number of hydrogen-bond acceptors (Lipinski definition) is 8. The summed E-state index contributed by atoms with van der Waals surface area (Å²) in [5.74, 6) is -1.82. The number of nitrogens with one attached hydrogen (secondary N) is 3. The molecule has 0 radical (unpaired) electrons. The maximum atomic E-state index is 13.0. The number of carbonyl (C=O) groups is 3. The van der Waals surface area contributed by atoms with Crippen molar-refractivity contribution in [2.75, 3.05) is 20.2 Å². The molecule has 13 heteroatoms. The molecule has 1 fully saturated rings. The fourth-order valence-electron chi connectivity index (χ4n) is 3.79. The monoisotopic (exact) mass is 549 g/mol. The molecule has 3 N–H and O–H groups in total. The summed E-state index contributed by atoms with van der Waals surface area (Å²) in [6, 6.07) is 2.88. The number of allylic oxidation sites excluding steroid dienone is 3. The second kappa shape index (κ2) is 11.7. The van der Waals surface area contributed by atoms with Crippen LogP contribution in [0.2, 0.25) is 0 Å². The molecule has 210 valence electrons. The number of ether oxygens (including phenoxy) is 2. The smallest absolute Gasteiger partial charge is 0.433 e. The van der Waals surface area contributed by atoms with E-state index < -0.39 is 35.0 Å². The third kappa shape index (κ3) is 7.91. The minimum Gasteiger partial charge on any atom is -0.465 e. The standard InChI is InChI=1S/C26H30F3N5O5/c1-25(2,3)39-24(37)34-10-8-16(9-11-34)31-14-15-12-20(17(13-18(15)30)23(36)38-4)33-22(35)19-6-5-7-21(32-19)26(27,28)29/h5-7,12-14,16,30-31H,8-11H2,1-4H3,(H,33,35)/b15-14-,30-18?. The Morgan fingerprint density at radius 3 is 2.38 bits per heavy atom. The van der Waals surface area contributed by atoms with Crippen molar-refractivity contribution in [2.45, 2.75) is 51.4 Å². The van der Waals surface area contributed by atoms with Crippen molar-refractivity contribution in [1.82, 2.24) is 20.5 Å². The fourth-order valence-corrected chi connectivity index (χ4v) is 3.79. The Balaban J connectivity index is 1.73. The molecule has 1 aromatic rings. The third-order valence-electron chi connectivity index (χ3n) is 5.74. The molecule has 1 aliphatic carbocycles. The average Bonchev–Trinajstić information content (AvgIpc) is 2.87. The molecule has 1 aromatic heterocycles. The maximum Gasteiger partial charge on any atom is 0.433 e. The molecule has 2 heterocycles. The van der Waals surface area contributed by atoms with Crippen LogP contribution in [-0.2, 0) is 20.4 Å². The topological polar surface area (TPSA) is 134 Å². The Bertz CT molecular complexity index is 1240. The molecule has 1 aliphatic heterocycles. The summed E-state index contributed by atoms with van der Waals surface area (Å²) >= 11 is 0. The van der Waals surface area contributed by atoms with Gasteiger partial charge in [0, 0.05) is 30.9 Å². The maximum absolute atomic E-state index is 13.0. The molecule has 0 unspecified atom stereocenters. The number of likely N-dealkylation sites (tertiary alicyclic amines) is 1. The van der Waals surface area contributed by atoms with Gasteiger partial charge in [-0.3, -0.25) is 4.79 Å². The lowest BCUT2D eigenvalue weighted by atomic mass is 9.97. The first kappa shape index (κ1) is 29.4. The Morgan fingerprint density at radius 2 is 1.79 bits per heavy atom. The molecule has 39 heavy (non-hydrogen) atoms. The van der Waals surface area contributed by atoms with Crippen LogP contribution in [0, 0.1) is 5.41 Å². The van der Waals surface area contributed by atoms with E-state index in [1.807, 2.05) is 0 Å². The molecule has 3 rings (SSSR count). The number of methoxy groups -OCH3 is 1. The molecular formula is C26H30F3N5O5. The van der Waals surface area contributed by atoms with E-state index >= 15 is 0 Å². The molecule has 2 aliphatic rings. The molecule has 2 amide bonds. The molecule has 0 atom stereocenters. The van der Waals surface area contributed by atoms with E-state index in [9.17, 15) is 27.6 Å². The fraction of sp³-hybridized carbons (Fsp3) is 0.423. The zero-order valence-corrected chi connectivity index (χ0v) is 21.9. The van der Waals surface area contributed by atoms with E-state index in [4.69, 9.17) is 14.9 Å². The van der Waals surface area contributed by atoms with Crippen LogP contribution in [0.1, 0.15) is 49.8 Å². The van der Waals surface area contributed by atoms with Crippen LogP contribution in [0.3, 0.4) is 0 Å². The van der Waals surface area contributed by atoms with Gasteiger partial charge in [-0.05, 0) is 57.9 Å². The molecule has 10 nitrogen and oxygen atoms in total. The van der Waals surface area contributed by atoms with Gasteiger partial charge in [0.25, 0.3) is 5.91 Å². The third-order valence-corrected chi connectivity index (χ3v) is 5.74. The Morgan fingerprint density at radius 1 is 1.13 bits per heavy atom. The second-order valence-electron chi connectivity index (χ2n) is 9.89. The number of carbonyl (C=O) groups excluding carboxylic acids is 3. The summed E-state index contributed by atoms with van der Waals surface area (Å²) in [6.07, 6.45) is 0.213.